The molecule has 2 N–H and O–H groups in total. The maximum atomic E-state index is 15.5. The molecule has 2 aromatic carbocycles. The lowest BCUT2D eigenvalue weighted by molar-refractivity contribution is -0.139. The van der Waals surface area contributed by atoms with Gasteiger partial charge in [-0.25, -0.2) is 9.18 Å². The van der Waals surface area contributed by atoms with Crippen LogP contribution < -0.4 is 19.1 Å². The molecular formula is C31H40FN3O6. The fraction of sp³-hybridized carbons (Fsp3) is 0.516. The maximum Gasteiger partial charge on any atom is 0.341 e. The summed E-state index contributed by atoms with van der Waals surface area (Å²) in [4.78, 5) is 28.9. The van der Waals surface area contributed by atoms with E-state index < -0.39 is 23.8 Å². The highest BCUT2D eigenvalue weighted by Gasteiger charge is 2.35. The first-order valence-electron chi connectivity index (χ1n) is 14.1. The molecule has 0 spiro atoms. The highest BCUT2D eigenvalue weighted by Crippen LogP contribution is 2.43. The molecule has 0 saturated carbocycles. The standard InChI is InChI=1S/C31H40FN3O6/c1-7-39-24-14-20-15-34(30(33)26(20)27(32)29(24)40-8-2)16-23(36)19-12-21(31(4,5)6)28(41-17-25(37)38)22(13-19)35-11-9-10-18(35)3/h12-14,18,33H,7-11,15-17H2,1-6H3,(H,37,38). The van der Waals surface area contributed by atoms with Crippen LogP contribution in [0.4, 0.5) is 10.1 Å². The van der Waals surface area contributed by atoms with E-state index in [1.807, 2.05) is 20.8 Å². The number of carboxylic acids is 1. The molecule has 1 unspecified atom stereocenters. The number of anilines is 1. The number of fused-ring (bicyclic) bond motifs is 1. The number of halogens is 1. The Bertz CT molecular complexity index is 1350. The fourth-order valence-electron chi connectivity index (χ4n) is 5.55. The zero-order valence-electron chi connectivity index (χ0n) is 24.7. The second-order valence-electron chi connectivity index (χ2n) is 11.5. The molecule has 0 radical (unpaired) electrons. The molecule has 2 heterocycles. The minimum atomic E-state index is -1.08. The second-order valence-corrected chi connectivity index (χ2v) is 11.5. The van der Waals surface area contributed by atoms with Crippen LogP contribution in [0.2, 0.25) is 0 Å². The normalized spacial score (nSPS) is 16.7. The fourth-order valence-corrected chi connectivity index (χ4v) is 5.55. The Morgan fingerprint density at radius 2 is 1.80 bits per heavy atom. The van der Waals surface area contributed by atoms with Crippen LogP contribution in [0.25, 0.3) is 0 Å². The van der Waals surface area contributed by atoms with E-state index in [0.29, 0.717) is 29.2 Å². The highest BCUT2D eigenvalue weighted by atomic mass is 19.1. The van der Waals surface area contributed by atoms with E-state index in [2.05, 4.69) is 11.8 Å². The van der Waals surface area contributed by atoms with Crippen molar-refractivity contribution in [2.24, 2.45) is 0 Å². The monoisotopic (exact) mass is 569 g/mol. The molecule has 9 nitrogen and oxygen atoms in total. The van der Waals surface area contributed by atoms with Crippen molar-refractivity contribution in [2.75, 3.05) is 37.8 Å². The molecule has 1 saturated heterocycles. The van der Waals surface area contributed by atoms with Crippen LogP contribution >= 0.6 is 0 Å². The topological polar surface area (TPSA) is 112 Å². The molecule has 2 aliphatic rings. The van der Waals surface area contributed by atoms with E-state index in [1.165, 1.54) is 0 Å². The molecule has 1 fully saturated rings. The number of carbonyl (C=O) groups excluding carboxylic acids is 1. The minimum Gasteiger partial charge on any atom is -0.490 e. The number of benzene rings is 2. The quantitative estimate of drug-likeness (QED) is 0.346. The average Bonchev–Trinajstić information content (AvgIpc) is 3.46. The summed E-state index contributed by atoms with van der Waals surface area (Å²) < 4.78 is 32.5. The summed E-state index contributed by atoms with van der Waals surface area (Å²) in [6.07, 6.45) is 1.95. The van der Waals surface area contributed by atoms with Crippen LogP contribution in [0, 0.1) is 11.2 Å². The van der Waals surface area contributed by atoms with E-state index in [4.69, 9.17) is 19.6 Å². The summed E-state index contributed by atoms with van der Waals surface area (Å²) in [7, 11) is 0. The first-order chi connectivity index (χ1) is 19.4. The first kappa shape index (κ1) is 30.1. The third-order valence-electron chi connectivity index (χ3n) is 7.51. The number of carboxylic acid groups (broad SMARTS) is 1. The van der Waals surface area contributed by atoms with Crippen LogP contribution in [-0.4, -0.2) is 66.5 Å². The van der Waals surface area contributed by atoms with E-state index in [9.17, 15) is 14.7 Å². The SMILES string of the molecule is CCOc1cc2c(c(F)c1OCC)C(=N)N(CC(=O)c1cc(N3CCCC3C)c(OCC(=O)O)c(C(C)(C)C)c1)C2. The highest BCUT2D eigenvalue weighted by molar-refractivity contribution is 6.06. The number of hydrogen-bond donors (Lipinski definition) is 2. The van der Waals surface area contributed by atoms with Gasteiger partial charge in [0.15, 0.2) is 29.7 Å². The molecule has 0 amide bonds. The Kier molecular flexibility index (Phi) is 8.80. The Morgan fingerprint density at radius 1 is 1.10 bits per heavy atom. The molecule has 1 atom stereocenters. The van der Waals surface area contributed by atoms with Gasteiger partial charge in [0, 0.05) is 30.3 Å². The maximum absolute atomic E-state index is 15.5. The van der Waals surface area contributed by atoms with Gasteiger partial charge in [-0.2, -0.15) is 0 Å². The Hall–Kier alpha value is -3.82. The summed E-state index contributed by atoms with van der Waals surface area (Å²) >= 11 is 0. The lowest BCUT2D eigenvalue weighted by Crippen LogP contribution is -2.32. The number of amidine groups is 1. The predicted molar refractivity (Wildman–Crippen MR) is 155 cm³/mol. The third-order valence-corrected chi connectivity index (χ3v) is 7.51. The predicted octanol–water partition coefficient (Wildman–Crippen LogP) is 5.40. The summed E-state index contributed by atoms with van der Waals surface area (Å²) in [6, 6.07) is 5.41. The van der Waals surface area contributed by atoms with Gasteiger partial charge < -0.3 is 29.1 Å². The van der Waals surface area contributed by atoms with Crippen LogP contribution in [0.15, 0.2) is 18.2 Å². The first-order valence-corrected chi connectivity index (χ1v) is 14.1. The Labute approximate surface area is 240 Å². The van der Waals surface area contributed by atoms with E-state index in [0.717, 1.165) is 24.9 Å². The van der Waals surface area contributed by atoms with Crippen molar-refractivity contribution in [3.8, 4) is 17.2 Å². The van der Waals surface area contributed by atoms with E-state index in [-0.39, 0.29) is 54.4 Å². The van der Waals surface area contributed by atoms with Crippen molar-refractivity contribution in [2.45, 2.75) is 72.4 Å². The molecule has 0 aromatic heterocycles. The molecular weight excluding hydrogens is 529 g/mol. The van der Waals surface area contributed by atoms with Gasteiger partial charge in [-0.05, 0) is 62.8 Å². The van der Waals surface area contributed by atoms with Crippen molar-refractivity contribution in [1.29, 1.82) is 5.41 Å². The van der Waals surface area contributed by atoms with Crippen molar-refractivity contribution in [3.05, 3.63) is 46.3 Å². The van der Waals surface area contributed by atoms with E-state index in [1.54, 1.807) is 36.9 Å². The molecule has 222 valence electrons. The molecule has 0 bridgehead atoms. The van der Waals surface area contributed by atoms with Gasteiger partial charge >= 0.3 is 5.97 Å². The van der Waals surface area contributed by atoms with Gasteiger partial charge in [0.25, 0.3) is 0 Å². The Balaban J connectivity index is 1.70. The summed E-state index contributed by atoms with van der Waals surface area (Å²) in [5, 5.41) is 18.0. The number of nitrogens with zero attached hydrogens (tertiary/aromatic N) is 2. The molecule has 41 heavy (non-hydrogen) atoms. The van der Waals surface area contributed by atoms with Gasteiger partial charge in [-0.1, -0.05) is 20.8 Å². The minimum absolute atomic E-state index is 0.0258. The van der Waals surface area contributed by atoms with Crippen molar-refractivity contribution >= 4 is 23.3 Å². The zero-order chi connectivity index (χ0) is 30.1. The van der Waals surface area contributed by atoms with Gasteiger partial charge in [0.05, 0.1) is 31.0 Å². The van der Waals surface area contributed by atoms with Gasteiger partial charge in [0.1, 0.15) is 11.6 Å². The molecule has 2 aromatic rings. The lowest BCUT2D eigenvalue weighted by Gasteiger charge is -2.31. The largest absolute Gasteiger partial charge is 0.490 e. The van der Waals surface area contributed by atoms with Crippen molar-refractivity contribution in [1.82, 2.24) is 4.90 Å². The third kappa shape index (κ3) is 6.11. The summed E-state index contributed by atoms with van der Waals surface area (Å²) in [5.74, 6) is -1.33. The second kappa shape index (κ2) is 12.0. The molecule has 0 aliphatic carbocycles. The van der Waals surface area contributed by atoms with Gasteiger partial charge in [-0.3, -0.25) is 10.2 Å². The number of Topliss-reactive ketones (excluding diaryl/α,β-unsaturated/α-hetero) is 1. The smallest absolute Gasteiger partial charge is 0.341 e. The number of nitrogens with one attached hydrogen (secondary N) is 1. The van der Waals surface area contributed by atoms with Crippen molar-refractivity contribution in [3.63, 3.8) is 0 Å². The number of rotatable bonds is 11. The molecule has 2 aliphatic heterocycles. The number of ether oxygens (including phenoxy) is 3. The lowest BCUT2D eigenvalue weighted by atomic mass is 9.84. The van der Waals surface area contributed by atoms with Gasteiger partial charge in [-0.15, -0.1) is 0 Å². The summed E-state index contributed by atoms with van der Waals surface area (Å²) in [6.45, 7) is 12.5. The van der Waals surface area contributed by atoms with E-state index >= 15 is 4.39 Å². The van der Waals surface area contributed by atoms with Crippen LogP contribution in [0.3, 0.4) is 0 Å². The number of aliphatic carboxylic acids is 1. The summed E-state index contributed by atoms with van der Waals surface area (Å²) in [5.41, 5.74) is 2.08. The van der Waals surface area contributed by atoms with Crippen molar-refractivity contribution < 1.29 is 33.3 Å². The average molecular weight is 570 g/mol. The van der Waals surface area contributed by atoms with Gasteiger partial charge in [0.2, 0.25) is 0 Å². The number of ketones is 1. The molecule has 10 heteroatoms. The zero-order valence-corrected chi connectivity index (χ0v) is 24.7. The number of carbonyl (C=O) groups is 2. The molecule has 4 rings (SSSR count). The van der Waals surface area contributed by atoms with Crippen LogP contribution in [-0.2, 0) is 16.8 Å². The Morgan fingerprint density at radius 3 is 2.39 bits per heavy atom. The van der Waals surface area contributed by atoms with Crippen LogP contribution in [0.5, 0.6) is 17.2 Å². The number of hydrogen-bond acceptors (Lipinski definition) is 7. The van der Waals surface area contributed by atoms with Crippen LogP contribution in [0.1, 0.15) is 81.4 Å².